The second-order valence-corrected chi connectivity index (χ2v) is 11.8. The number of aryl methyl sites for hydroxylation is 1. The zero-order chi connectivity index (χ0) is 29.7. The maximum Gasteiger partial charge on any atom is 0.459 e. The molecule has 41 heavy (non-hydrogen) atoms. The van der Waals surface area contributed by atoms with E-state index in [-0.39, 0.29) is 19.3 Å². The van der Waals surface area contributed by atoms with Crippen molar-refractivity contribution in [3.63, 3.8) is 0 Å². The lowest BCUT2D eigenvalue weighted by Crippen LogP contribution is -2.37. The van der Waals surface area contributed by atoms with Crippen LogP contribution in [0.4, 0.5) is 5.82 Å². The van der Waals surface area contributed by atoms with Crippen LogP contribution in [-0.2, 0) is 36.5 Å². The number of nitrogens with zero attached hydrogens (tertiary/aromatic N) is 3. The van der Waals surface area contributed by atoms with Crippen LogP contribution in [0.2, 0.25) is 0 Å². The normalized spacial score (nSPS) is 14.7. The third kappa shape index (κ3) is 7.42. The minimum atomic E-state index is -4.09. The first-order chi connectivity index (χ1) is 19.5. The highest BCUT2D eigenvalue weighted by molar-refractivity contribution is 7.52. The molecule has 2 aromatic heterocycles. The van der Waals surface area contributed by atoms with Crippen LogP contribution in [0.5, 0.6) is 5.75 Å². The predicted molar refractivity (Wildman–Crippen MR) is 159 cm³/mol. The fourth-order valence-electron chi connectivity index (χ4n) is 4.37. The monoisotopic (exact) mass is 583 g/mol. The number of nitrogens with two attached hydrogens (primary N) is 1. The Morgan fingerprint density at radius 3 is 2.46 bits per heavy atom. The summed E-state index contributed by atoms with van der Waals surface area (Å²) in [6.45, 7) is 11.6. The van der Waals surface area contributed by atoms with Crippen molar-refractivity contribution in [2.75, 3.05) is 12.3 Å². The lowest BCUT2D eigenvalue weighted by molar-refractivity contribution is -0.149. The number of hydrogen-bond acceptors (Lipinski definition) is 9. The van der Waals surface area contributed by atoms with Crippen molar-refractivity contribution in [1.82, 2.24) is 19.6 Å². The molecule has 4 aromatic rings. The predicted octanol–water partition coefficient (Wildman–Crippen LogP) is 5.53. The molecule has 0 bridgehead atoms. The first-order valence-electron chi connectivity index (χ1n) is 13.6. The van der Waals surface area contributed by atoms with E-state index in [1.54, 1.807) is 39.8 Å². The minimum absolute atomic E-state index is 0.236. The Hall–Kier alpha value is -3.50. The van der Waals surface area contributed by atoms with Gasteiger partial charge < -0.3 is 24.3 Å². The van der Waals surface area contributed by atoms with Gasteiger partial charge in [0.1, 0.15) is 29.7 Å². The molecule has 2 heterocycles. The third-order valence-corrected chi connectivity index (χ3v) is 7.98. The number of fused-ring (bicyclic) bond motifs is 3. The van der Waals surface area contributed by atoms with E-state index in [0.29, 0.717) is 29.5 Å². The summed E-state index contributed by atoms with van der Waals surface area (Å²) in [7, 11) is -4.09. The SMILES string of the molecule is CCOCc1nc2c(N)nc3ccccc3c2n1C[C@@H](C)O[P@](=O)(N[C@@H](C)C(=O)OC(C)C)Oc1ccc(C)cc1. The lowest BCUT2D eigenvalue weighted by Gasteiger charge is -2.26. The summed E-state index contributed by atoms with van der Waals surface area (Å²) in [6.07, 6.45) is -1.00. The minimum Gasteiger partial charge on any atom is -0.462 e. The number of carbonyl (C=O) groups excluding carboxylic acids is 1. The van der Waals surface area contributed by atoms with E-state index in [4.69, 9.17) is 29.2 Å². The highest BCUT2D eigenvalue weighted by atomic mass is 31.2. The topological polar surface area (TPSA) is 140 Å². The summed E-state index contributed by atoms with van der Waals surface area (Å²) < 4.78 is 39.1. The van der Waals surface area contributed by atoms with Crippen LogP contribution in [0.25, 0.3) is 21.9 Å². The van der Waals surface area contributed by atoms with Crippen molar-refractivity contribution in [2.45, 2.75) is 72.9 Å². The van der Waals surface area contributed by atoms with Gasteiger partial charge in [0.05, 0.1) is 29.8 Å². The van der Waals surface area contributed by atoms with Crippen LogP contribution in [0.15, 0.2) is 48.5 Å². The molecule has 0 saturated heterocycles. The van der Waals surface area contributed by atoms with Crippen LogP contribution >= 0.6 is 7.75 Å². The molecule has 0 fully saturated rings. The van der Waals surface area contributed by atoms with E-state index in [1.807, 2.05) is 54.8 Å². The van der Waals surface area contributed by atoms with Crippen LogP contribution in [0, 0.1) is 6.92 Å². The number of nitrogen functional groups attached to an aromatic ring is 1. The van der Waals surface area contributed by atoms with Gasteiger partial charge >= 0.3 is 13.7 Å². The highest BCUT2D eigenvalue weighted by Gasteiger charge is 2.35. The number of nitrogens with one attached hydrogen (secondary N) is 1. The van der Waals surface area contributed by atoms with Crippen LogP contribution in [-0.4, -0.2) is 45.4 Å². The molecule has 2 aromatic carbocycles. The van der Waals surface area contributed by atoms with Crippen LogP contribution in [0.1, 0.15) is 46.0 Å². The number of benzene rings is 2. The van der Waals surface area contributed by atoms with E-state index in [2.05, 4.69) is 10.1 Å². The Morgan fingerprint density at radius 2 is 1.78 bits per heavy atom. The van der Waals surface area contributed by atoms with Gasteiger partial charge in [-0.2, -0.15) is 5.09 Å². The van der Waals surface area contributed by atoms with E-state index in [1.165, 1.54) is 0 Å². The van der Waals surface area contributed by atoms with Crippen molar-refractivity contribution in [2.24, 2.45) is 0 Å². The smallest absolute Gasteiger partial charge is 0.459 e. The molecule has 0 aliphatic carbocycles. The third-order valence-electron chi connectivity index (χ3n) is 6.19. The average molecular weight is 584 g/mol. The number of imidazole rings is 1. The van der Waals surface area contributed by atoms with Gasteiger partial charge in [-0.3, -0.25) is 9.32 Å². The maximum absolute atomic E-state index is 14.2. The molecule has 0 unspecified atom stereocenters. The Kier molecular flexibility index (Phi) is 9.65. The molecule has 0 aliphatic heterocycles. The zero-order valence-electron chi connectivity index (χ0n) is 24.3. The zero-order valence-corrected chi connectivity index (χ0v) is 25.2. The molecule has 12 heteroatoms. The quantitative estimate of drug-likeness (QED) is 0.152. The first kappa shape index (κ1) is 30.5. The lowest BCUT2D eigenvalue weighted by atomic mass is 10.2. The van der Waals surface area contributed by atoms with Gasteiger partial charge in [-0.05, 0) is 59.7 Å². The molecular weight excluding hydrogens is 545 g/mol. The number of carbonyl (C=O) groups is 1. The van der Waals surface area contributed by atoms with Gasteiger partial charge in [-0.1, -0.05) is 35.9 Å². The van der Waals surface area contributed by atoms with Crippen molar-refractivity contribution < 1.29 is 27.9 Å². The van der Waals surface area contributed by atoms with Gasteiger partial charge in [-0.25, -0.2) is 14.5 Å². The van der Waals surface area contributed by atoms with E-state index in [9.17, 15) is 9.36 Å². The number of rotatable bonds is 13. The Bertz CT molecular complexity index is 1560. The van der Waals surface area contributed by atoms with E-state index >= 15 is 0 Å². The van der Waals surface area contributed by atoms with Gasteiger partial charge in [0.25, 0.3) is 0 Å². The van der Waals surface area contributed by atoms with Crippen molar-refractivity contribution in [3.8, 4) is 5.75 Å². The molecule has 0 saturated carbocycles. The number of pyridine rings is 1. The Labute approximate surface area is 239 Å². The molecular formula is C29H38N5O6P. The highest BCUT2D eigenvalue weighted by Crippen LogP contribution is 2.46. The number of esters is 1. The van der Waals surface area contributed by atoms with Crippen molar-refractivity contribution in [3.05, 3.63) is 59.9 Å². The molecule has 0 aliphatic rings. The molecule has 0 spiro atoms. The van der Waals surface area contributed by atoms with Crippen molar-refractivity contribution >= 4 is 41.5 Å². The van der Waals surface area contributed by atoms with Crippen molar-refractivity contribution in [1.29, 1.82) is 0 Å². The first-order valence-corrected chi connectivity index (χ1v) is 15.2. The summed E-state index contributed by atoms with van der Waals surface area (Å²) in [5, 5.41) is 3.62. The Balaban J connectivity index is 1.68. The molecule has 0 radical (unpaired) electrons. The molecule has 4 rings (SSSR count). The van der Waals surface area contributed by atoms with Gasteiger partial charge in [0.2, 0.25) is 0 Å². The molecule has 3 atom stereocenters. The summed E-state index contributed by atoms with van der Waals surface area (Å²) in [6, 6.07) is 13.7. The number of ether oxygens (including phenoxy) is 2. The maximum atomic E-state index is 14.2. The number of anilines is 1. The second kappa shape index (κ2) is 13.0. The summed E-state index contributed by atoms with van der Waals surface area (Å²) in [4.78, 5) is 21.8. The number of para-hydroxylation sites is 1. The van der Waals surface area contributed by atoms with Gasteiger partial charge in [-0.15, -0.1) is 0 Å². The molecule has 11 nitrogen and oxygen atoms in total. The van der Waals surface area contributed by atoms with Gasteiger partial charge in [0, 0.05) is 12.0 Å². The molecule has 3 N–H and O–H groups in total. The molecule has 0 amide bonds. The average Bonchev–Trinajstić information content (AvgIpc) is 3.26. The molecule has 220 valence electrons. The number of hydrogen-bond donors (Lipinski definition) is 2. The fourth-order valence-corrected chi connectivity index (χ4v) is 6.05. The standard InChI is InChI=1S/C29H38N5O6P/c1-7-37-17-25-32-26-27(23-10-8-9-11-24(23)31-28(26)30)34(25)16-20(5)39-41(36,33-21(6)29(35)38-18(2)3)40-22-14-12-19(4)13-15-22/h8-15,18,20-21H,7,16-17H2,1-6H3,(H2,30,31)(H,33,36)/t20-,21+,41-/m1/s1. The van der Waals surface area contributed by atoms with E-state index in [0.717, 1.165) is 22.0 Å². The summed E-state index contributed by atoms with van der Waals surface area (Å²) in [5.41, 5.74) is 9.36. The van der Waals surface area contributed by atoms with E-state index < -0.39 is 25.9 Å². The summed E-state index contributed by atoms with van der Waals surface area (Å²) in [5.74, 6) is 0.686. The Morgan fingerprint density at radius 1 is 1.07 bits per heavy atom. The number of aromatic nitrogens is 3. The van der Waals surface area contributed by atoms with Crippen LogP contribution in [0.3, 0.4) is 0 Å². The van der Waals surface area contributed by atoms with Crippen LogP contribution < -0.4 is 15.3 Å². The largest absolute Gasteiger partial charge is 0.462 e. The second-order valence-electron chi connectivity index (χ2n) is 10.1. The van der Waals surface area contributed by atoms with Gasteiger partial charge in [0.15, 0.2) is 5.82 Å². The summed E-state index contributed by atoms with van der Waals surface area (Å²) >= 11 is 0. The fraction of sp³-hybridized carbons (Fsp3) is 0.414.